The predicted molar refractivity (Wildman–Crippen MR) is 119 cm³/mol. The van der Waals surface area contributed by atoms with Gasteiger partial charge in [-0.25, -0.2) is 0 Å². The minimum Gasteiger partial charge on any atom is -0.348 e. The van der Waals surface area contributed by atoms with Crippen LogP contribution in [0, 0.1) is 0 Å². The third kappa shape index (κ3) is 4.67. The summed E-state index contributed by atoms with van der Waals surface area (Å²) in [7, 11) is 0. The summed E-state index contributed by atoms with van der Waals surface area (Å²) in [6.45, 7) is 0.474. The number of benzene rings is 3. The SMILES string of the molecule is O=C1NC(=O)/C(=C\c2ccc(-c3cccc(C(=O)NCc4ccccc4)c3)cc2)S1. The number of carbonyl (C=O) groups excluding carboxylic acids is 3. The first kappa shape index (κ1) is 19.7. The lowest BCUT2D eigenvalue weighted by Crippen LogP contribution is -2.22. The van der Waals surface area contributed by atoms with E-state index in [1.165, 1.54) is 0 Å². The molecule has 1 heterocycles. The van der Waals surface area contributed by atoms with Crippen LogP contribution in [0.2, 0.25) is 0 Å². The first-order valence-electron chi connectivity index (χ1n) is 9.36. The molecule has 2 N–H and O–H groups in total. The van der Waals surface area contributed by atoms with Gasteiger partial charge in [0.15, 0.2) is 0 Å². The average molecular weight is 414 g/mol. The Morgan fingerprint density at radius 1 is 0.900 bits per heavy atom. The minimum atomic E-state index is -0.372. The second-order valence-electron chi connectivity index (χ2n) is 6.72. The van der Waals surface area contributed by atoms with Gasteiger partial charge in [0.2, 0.25) is 0 Å². The van der Waals surface area contributed by atoms with E-state index in [0.29, 0.717) is 17.0 Å². The Morgan fingerprint density at radius 2 is 1.67 bits per heavy atom. The summed E-state index contributed by atoms with van der Waals surface area (Å²) in [6, 6.07) is 24.8. The Kier molecular flexibility index (Phi) is 5.77. The molecule has 0 aliphatic carbocycles. The van der Waals surface area contributed by atoms with Gasteiger partial charge in [-0.15, -0.1) is 0 Å². The zero-order valence-electron chi connectivity index (χ0n) is 15.9. The Hall–Kier alpha value is -3.64. The molecular weight excluding hydrogens is 396 g/mol. The lowest BCUT2D eigenvalue weighted by Gasteiger charge is -2.08. The van der Waals surface area contributed by atoms with E-state index < -0.39 is 0 Å². The molecule has 0 unspecified atom stereocenters. The van der Waals surface area contributed by atoms with Crippen LogP contribution in [0.5, 0.6) is 0 Å². The van der Waals surface area contributed by atoms with Crippen molar-refractivity contribution in [1.29, 1.82) is 0 Å². The lowest BCUT2D eigenvalue weighted by atomic mass is 10.0. The Bertz CT molecular complexity index is 1140. The second kappa shape index (κ2) is 8.80. The third-order valence-electron chi connectivity index (χ3n) is 4.60. The normalized spacial score (nSPS) is 14.6. The van der Waals surface area contributed by atoms with Crippen molar-refractivity contribution in [3.8, 4) is 11.1 Å². The van der Waals surface area contributed by atoms with Crippen LogP contribution in [0.4, 0.5) is 4.79 Å². The van der Waals surface area contributed by atoms with Crippen LogP contribution >= 0.6 is 11.8 Å². The molecule has 4 rings (SSSR count). The number of amides is 3. The number of hydrogen-bond donors (Lipinski definition) is 2. The number of hydrogen-bond acceptors (Lipinski definition) is 4. The van der Waals surface area contributed by atoms with Crippen LogP contribution in [0.1, 0.15) is 21.5 Å². The fraction of sp³-hybridized carbons (Fsp3) is 0.0417. The molecule has 0 spiro atoms. The smallest absolute Gasteiger partial charge is 0.290 e. The number of carbonyl (C=O) groups is 3. The minimum absolute atomic E-state index is 0.129. The van der Waals surface area contributed by atoms with E-state index in [1.807, 2.05) is 72.8 Å². The standard InChI is InChI=1S/C24H18N2O3S/c27-22(25-15-17-5-2-1-3-6-17)20-8-4-7-19(14-20)18-11-9-16(10-12-18)13-21-23(28)26-24(29)30-21/h1-14H,15H2,(H,25,27)(H,26,28,29)/b21-13+. The second-order valence-corrected chi connectivity index (χ2v) is 7.74. The van der Waals surface area contributed by atoms with Crippen molar-refractivity contribution in [1.82, 2.24) is 10.6 Å². The highest BCUT2D eigenvalue weighted by molar-refractivity contribution is 8.18. The van der Waals surface area contributed by atoms with Gasteiger partial charge in [0.05, 0.1) is 4.91 Å². The number of thioether (sulfide) groups is 1. The summed E-state index contributed by atoms with van der Waals surface area (Å²) in [5.41, 5.74) is 4.33. The van der Waals surface area contributed by atoms with E-state index in [1.54, 1.807) is 12.1 Å². The molecule has 1 fully saturated rings. The monoisotopic (exact) mass is 414 g/mol. The maximum atomic E-state index is 12.5. The molecule has 6 heteroatoms. The summed E-state index contributed by atoms with van der Waals surface area (Å²) < 4.78 is 0. The van der Waals surface area contributed by atoms with Gasteiger partial charge >= 0.3 is 0 Å². The number of rotatable bonds is 5. The molecule has 3 aromatic rings. The summed E-state index contributed by atoms with van der Waals surface area (Å²) in [6.07, 6.45) is 1.68. The molecule has 148 valence electrons. The quantitative estimate of drug-likeness (QED) is 0.598. The Labute approximate surface area is 178 Å². The first-order valence-corrected chi connectivity index (χ1v) is 10.2. The van der Waals surface area contributed by atoms with E-state index in [2.05, 4.69) is 10.6 Å². The van der Waals surface area contributed by atoms with E-state index in [4.69, 9.17) is 0 Å². The zero-order valence-corrected chi connectivity index (χ0v) is 16.7. The van der Waals surface area contributed by atoms with Crippen molar-refractivity contribution in [2.75, 3.05) is 0 Å². The van der Waals surface area contributed by atoms with Crippen molar-refractivity contribution < 1.29 is 14.4 Å². The lowest BCUT2D eigenvalue weighted by molar-refractivity contribution is -0.115. The average Bonchev–Trinajstić information content (AvgIpc) is 3.10. The molecule has 3 aromatic carbocycles. The molecule has 1 aliphatic rings. The van der Waals surface area contributed by atoms with E-state index >= 15 is 0 Å². The molecule has 5 nitrogen and oxygen atoms in total. The van der Waals surface area contributed by atoms with Crippen molar-refractivity contribution in [2.24, 2.45) is 0 Å². The number of imide groups is 1. The molecule has 30 heavy (non-hydrogen) atoms. The molecule has 0 radical (unpaired) electrons. The predicted octanol–water partition coefficient (Wildman–Crippen LogP) is 4.61. The first-order chi connectivity index (χ1) is 14.6. The van der Waals surface area contributed by atoms with Gasteiger partial charge < -0.3 is 5.32 Å². The summed E-state index contributed by atoms with van der Waals surface area (Å²) in [5, 5.41) is 4.82. The fourth-order valence-corrected chi connectivity index (χ4v) is 3.75. The van der Waals surface area contributed by atoms with Crippen LogP contribution in [-0.2, 0) is 11.3 Å². The van der Waals surface area contributed by atoms with E-state index in [-0.39, 0.29) is 17.1 Å². The fourth-order valence-electron chi connectivity index (χ4n) is 3.06. The molecule has 0 atom stereocenters. The van der Waals surface area contributed by atoms with Crippen LogP contribution in [0.15, 0.2) is 83.8 Å². The maximum Gasteiger partial charge on any atom is 0.290 e. The largest absolute Gasteiger partial charge is 0.348 e. The maximum absolute atomic E-state index is 12.5. The summed E-state index contributed by atoms with van der Waals surface area (Å²) >= 11 is 0.894. The van der Waals surface area contributed by atoms with Gasteiger partial charge in [-0.2, -0.15) is 0 Å². The Morgan fingerprint density at radius 3 is 2.37 bits per heavy atom. The van der Waals surface area contributed by atoms with Crippen LogP contribution in [0.3, 0.4) is 0 Å². The van der Waals surface area contributed by atoms with Gasteiger partial charge in [0.1, 0.15) is 0 Å². The van der Waals surface area contributed by atoms with Gasteiger partial charge in [0, 0.05) is 12.1 Å². The van der Waals surface area contributed by atoms with Gasteiger partial charge in [0.25, 0.3) is 17.1 Å². The number of nitrogens with one attached hydrogen (secondary N) is 2. The van der Waals surface area contributed by atoms with Gasteiger partial charge in [-0.05, 0) is 52.2 Å². The molecule has 0 bridgehead atoms. The highest BCUT2D eigenvalue weighted by atomic mass is 32.2. The molecular formula is C24H18N2O3S. The third-order valence-corrected chi connectivity index (χ3v) is 5.42. The van der Waals surface area contributed by atoms with Crippen molar-refractivity contribution in [3.63, 3.8) is 0 Å². The van der Waals surface area contributed by atoms with Gasteiger partial charge in [-0.3, -0.25) is 19.7 Å². The molecule has 0 saturated carbocycles. The Balaban J connectivity index is 1.47. The zero-order chi connectivity index (χ0) is 20.9. The molecule has 3 amide bonds. The topological polar surface area (TPSA) is 75.3 Å². The molecule has 0 aromatic heterocycles. The summed E-state index contributed by atoms with van der Waals surface area (Å²) in [4.78, 5) is 35.8. The van der Waals surface area contributed by atoms with Crippen LogP contribution in [-0.4, -0.2) is 17.1 Å². The van der Waals surface area contributed by atoms with Crippen LogP contribution < -0.4 is 10.6 Å². The van der Waals surface area contributed by atoms with Crippen molar-refractivity contribution in [3.05, 3.63) is 100 Å². The molecule has 1 saturated heterocycles. The van der Waals surface area contributed by atoms with Crippen LogP contribution in [0.25, 0.3) is 17.2 Å². The van der Waals surface area contributed by atoms with Crippen molar-refractivity contribution >= 4 is 34.9 Å². The highest BCUT2D eigenvalue weighted by Gasteiger charge is 2.24. The molecule has 1 aliphatic heterocycles. The van der Waals surface area contributed by atoms with Gasteiger partial charge in [-0.1, -0.05) is 66.7 Å². The summed E-state index contributed by atoms with van der Waals surface area (Å²) in [5.74, 6) is -0.501. The van der Waals surface area contributed by atoms with E-state index in [9.17, 15) is 14.4 Å². The van der Waals surface area contributed by atoms with Crippen molar-refractivity contribution in [2.45, 2.75) is 6.54 Å². The van der Waals surface area contributed by atoms with E-state index in [0.717, 1.165) is 34.0 Å². The highest BCUT2D eigenvalue weighted by Crippen LogP contribution is 2.27.